The Hall–Kier alpha value is -3.65. The van der Waals surface area contributed by atoms with Crippen LogP contribution in [0, 0.1) is 0 Å². The number of hydrogen-bond donors (Lipinski definition) is 0. The molecule has 1 aromatic carbocycles. The Bertz CT molecular complexity index is 1230. The molecular weight excluding hydrogens is 442 g/mol. The van der Waals surface area contributed by atoms with Crippen molar-refractivity contribution in [3.8, 4) is 0 Å². The molecule has 0 spiro atoms. The van der Waals surface area contributed by atoms with Gasteiger partial charge in [0.2, 0.25) is 0 Å². The van der Waals surface area contributed by atoms with E-state index in [0.29, 0.717) is 18.2 Å². The zero-order chi connectivity index (χ0) is 24.0. The van der Waals surface area contributed by atoms with Gasteiger partial charge in [-0.3, -0.25) is 9.69 Å². The summed E-state index contributed by atoms with van der Waals surface area (Å²) >= 11 is 0. The summed E-state index contributed by atoms with van der Waals surface area (Å²) in [5.41, 5.74) is 1.26. The van der Waals surface area contributed by atoms with E-state index in [1.54, 1.807) is 0 Å². The lowest BCUT2D eigenvalue weighted by atomic mass is 9.96. The Morgan fingerprint density at radius 3 is 2.49 bits per heavy atom. The van der Waals surface area contributed by atoms with Gasteiger partial charge in [-0.2, -0.15) is 0 Å². The number of esters is 1. The van der Waals surface area contributed by atoms with E-state index in [1.165, 1.54) is 12.5 Å². The Balaban J connectivity index is 1.16. The molecular formula is C27H31N5O3. The molecule has 8 nitrogen and oxygen atoms in total. The molecule has 3 aromatic heterocycles. The van der Waals surface area contributed by atoms with Crippen molar-refractivity contribution in [3.05, 3.63) is 96.0 Å². The van der Waals surface area contributed by atoms with E-state index in [0.717, 1.165) is 56.4 Å². The second-order valence-corrected chi connectivity index (χ2v) is 9.07. The number of benzene rings is 1. The smallest absolute Gasteiger partial charge is 0.303 e. The third-order valence-electron chi connectivity index (χ3n) is 6.52. The average Bonchev–Trinajstić information content (AvgIpc) is 3.62. The van der Waals surface area contributed by atoms with Crippen LogP contribution in [0.1, 0.15) is 54.4 Å². The number of aromatic nitrogens is 4. The van der Waals surface area contributed by atoms with Crippen LogP contribution in [0.15, 0.2) is 71.7 Å². The van der Waals surface area contributed by atoms with Gasteiger partial charge in [0.05, 0.1) is 13.1 Å². The van der Waals surface area contributed by atoms with Crippen LogP contribution in [0.3, 0.4) is 0 Å². The summed E-state index contributed by atoms with van der Waals surface area (Å²) in [6.07, 6.45) is 9.99. The summed E-state index contributed by atoms with van der Waals surface area (Å²) in [6.45, 7) is 5.85. The molecule has 0 aliphatic carbocycles. The summed E-state index contributed by atoms with van der Waals surface area (Å²) < 4.78 is 15.3. The van der Waals surface area contributed by atoms with Crippen molar-refractivity contribution in [1.82, 2.24) is 24.0 Å². The fourth-order valence-electron chi connectivity index (χ4n) is 4.71. The van der Waals surface area contributed by atoms with Gasteiger partial charge in [-0.25, -0.2) is 9.97 Å². The lowest BCUT2D eigenvalue weighted by molar-refractivity contribution is -0.142. The van der Waals surface area contributed by atoms with Gasteiger partial charge in [0.25, 0.3) is 0 Å². The monoisotopic (exact) mass is 473 g/mol. The first-order valence-corrected chi connectivity index (χ1v) is 12.1. The van der Waals surface area contributed by atoms with Gasteiger partial charge in [0, 0.05) is 44.2 Å². The van der Waals surface area contributed by atoms with Gasteiger partial charge in [-0.1, -0.05) is 30.3 Å². The molecule has 0 bridgehead atoms. The van der Waals surface area contributed by atoms with E-state index < -0.39 is 0 Å². The van der Waals surface area contributed by atoms with E-state index in [1.807, 2.05) is 36.8 Å². The van der Waals surface area contributed by atoms with Crippen LogP contribution in [-0.4, -0.2) is 43.1 Å². The molecule has 1 saturated heterocycles. The van der Waals surface area contributed by atoms with E-state index in [-0.39, 0.29) is 12.6 Å². The van der Waals surface area contributed by atoms with Crippen LogP contribution in [0.25, 0.3) is 0 Å². The zero-order valence-electron chi connectivity index (χ0n) is 20.0. The van der Waals surface area contributed by atoms with Crippen LogP contribution in [0.5, 0.6) is 0 Å². The van der Waals surface area contributed by atoms with Crippen LogP contribution >= 0.6 is 0 Å². The molecule has 0 N–H and O–H groups in total. The van der Waals surface area contributed by atoms with Crippen molar-refractivity contribution < 1.29 is 13.9 Å². The SMILES string of the molecule is CC(=O)OCc1ccc(CN2CCC(c3nccn3Cc3nccn3Cc3ccccc3)CC2)o1. The van der Waals surface area contributed by atoms with Crippen molar-refractivity contribution in [1.29, 1.82) is 0 Å². The second-order valence-electron chi connectivity index (χ2n) is 9.07. The van der Waals surface area contributed by atoms with E-state index >= 15 is 0 Å². The molecule has 4 heterocycles. The molecule has 8 heteroatoms. The third-order valence-corrected chi connectivity index (χ3v) is 6.52. The van der Waals surface area contributed by atoms with Gasteiger partial charge in [0.15, 0.2) is 0 Å². The lowest BCUT2D eigenvalue weighted by Gasteiger charge is -2.31. The largest absolute Gasteiger partial charge is 0.461 e. The third kappa shape index (κ3) is 5.89. The first kappa shape index (κ1) is 23.1. The van der Waals surface area contributed by atoms with E-state index in [2.05, 4.69) is 49.5 Å². The van der Waals surface area contributed by atoms with Crippen molar-refractivity contribution in [2.45, 2.75) is 51.9 Å². The summed E-state index contributed by atoms with van der Waals surface area (Å²) in [4.78, 5) is 22.8. The van der Waals surface area contributed by atoms with Crippen LogP contribution in [0.4, 0.5) is 0 Å². The maximum absolute atomic E-state index is 11.0. The predicted octanol–water partition coefficient (Wildman–Crippen LogP) is 4.21. The number of rotatable bonds is 9. The molecule has 5 rings (SSSR count). The van der Waals surface area contributed by atoms with Crippen molar-refractivity contribution in [3.63, 3.8) is 0 Å². The minimum Gasteiger partial charge on any atom is -0.461 e. The number of nitrogens with zero attached hydrogens (tertiary/aromatic N) is 5. The van der Waals surface area contributed by atoms with Gasteiger partial charge < -0.3 is 18.3 Å². The second kappa shape index (κ2) is 10.7. The standard InChI is InChI=1S/C27H31N5O3/c1-21(33)34-20-25-8-7-24(35-25)18-30-13-9-23(10-14-30)27-29-12-16-32(27)19-26-28-11-15-31(26)17-22-5-3-2-4-6-22/h2-8,11-12,15-16,23H,9-10,13-14,17-20H2,1H3. The van der Waals surface area contributed by atoms with Crippen molar-refractivity contribution in [2.75, 3.05) is 13.1 Å². The first-order valence-electron chi connectivity index (χ1n) is 12.1. The predicted molar refractivity (Wildman–Crippen MR) is 131 cm³/mol. The highest BCUT2D eigenvalue weighted by atomic mass is 16.5. The molecule has 1 aliphatic heterocycles. The Labute approximate surface area is 205 Å². The number of hydrogen-bond acceptors (Lipinski definition) is 6. The molecule has 1 aliphatic rings. The molecule has 4 aromatic rings. The maximum atomic E-state index is 11.0. The highest BCUT2D eigenvalue weighted by Gasteiger charge is 2.25. The molecule has 1 fully saturated rings. The molecule has 0 atom stereocenters. The minimum atomic E-state index is -0.302. The van der Waals surface area contributed by atoms with E-state index in [4.69, 9.17) is 14.1 Å². The highest BCUT2D eigenvalue weighted by molar-refractivity contribution is 5.65. The minimum absolute atomic E-state index is 0.184. The van der Waals surface area contributed by atoms with Crippen LogP contribution < -0.4 is 0 Å². The molecule has 0 amide bonds. The quantitative estimate of drug-likeness (QED) is 0.339. The summed E-state index contributed by atoms with van der Waals surface area (Å²) in [6, 6.07) is 14.3. The summed E-state index contributed by atoms with van der Waals surface area (Å²) in [5, 5.41) is 0. The number of imidazole rings is 2. The van der Waals surface area contributed by atoms with Crippen LogP contribution in [-0.2, 0) is 35.8 Å². The topological polar surface area (TPSA) is 78.3 Å². The van der Waals surface area contributed by atoms with Crippen LogP contribution in [0.2, 0.25) is 0 Å². The average molecular weight is 474 g/mol. The first-order chi connectivity index (χ1) is 17.1. The molecule has 0 unspecified atom stereocenters. The number of carbonyl (C=O) groups is 1. The number of ether oxygens (including phenoxy) is 1. The summed E-state index contributed by atoms with van der Waals surface area (Å²) in [5.74, 6) is 3.88. The zero-order valence-corrected chi connectivity index (χ0v) is 20.0. The maximum Gasteiger partial charge on any atom is 0.303 e. The summed E-state index contributed by atoms with van der Waals surface area (Å²) in [7, 11) is 0. The fraction of sp³-hybridized carbons (Fsp3) is 0.370. The number of furan rings is 1. The molecule has 182 valence electrons. The van der Waals surface area contributed by atoms with Gasteiger partial charge in [-0.05, 0) is 43.6 Å². The normalized spacial score (nSPS) is 14.9. The molecule has 35 heavy (non-hydrogen) atoms. The number of likely N-dealkylation sites (tertiary alicyclic amines) is 1. The van der Waals surface area contributed by atoms with E-state index in [9.17, 15) is 4.79 Å². The van der Waals surface area contributed by atoms with Crippen molar-refractivity contribution >= 4 is 5.97 Å². The Morgan fingerprint density at radius 2 is 1.69 bits per heavy atom. The lowest BCUT2D eigenvalue weighted by Crippen LogP contribution is -2.33. The fourth-order valence-corrected chi connectivity index (χ4v) is 4.71. The van der Waals surface area contributed by atoms with Gasteiger partial charge in [-0.15, -0.1) is 0 Å². The Kier molecular flexibility index (Phi) is 7.09. The molecule has 0 saturated carbocycles. The van der Waals surface area contributed by atoms with Crippen molar-refractivity contribution in [2.24, 2.45) is 0 Å². The number of carbonyl (C=O) groups excluding carboxylic acids is 1. The Morgan fingerprint density at radius 1 is 0.943 bits per heavy atom. The highest BCUT2D eigenvalue weighted by Crippen LogP contribution is 2.28. The van der Waals surface area contributed by atoms with Gasteiger partial charge >= 0.3 is 5.97 Å². The molecule has 0 radical (unpaired) electrons. The number of piperidine rings is 1. The van der Waals surface area contributed by atoms with Gasteiger partial charge in [0.1, 0.15) is 29.8 Å².